The van der Waals surface area contributed by atoms with E-state index in [1.807, 2.05) is 4.90 Å². The van der Waals surface area contributed by atoms with Gasteiger partial charge in [0, 0.05) is 39.8 Å². The summed E-state index contributed by atoms with van der Waals surface area (Å²) in [6.45, 7) is 3.72. The van der Waals surface area contributed by atoms with Gasteiger partial charge in [-0.25, -0.2) is 0 Å². The molecular weight excluding hydrogens is 343 g/mol. The van der Waals surface area contributed by atoms with Gasteiger partial charge in [0.05, 0.1) is 18.2 Å². The molecule has 7 nitrogen and oxygen atoms in total. The first-order valence-electron chi connectivity index (χ1n) is 7.32. The molecule has 0 bridgehead atoms. The number of nitrogens with one attached hydrogen (secondary N) is 2. The fourth-order valence-electron chi connectivity index (χ4n) is 2.35. The first-order chi connectivity index (χ1) is 11.0. The second-order valence-corrected chi connectivity index (χ2v) is 6.04. The van der Waals surface area contributed by atoms with Gasteiger partial charge in [-0.15, -0.1) is 0 Å². The number of ether oxygens (including phenoxy) is 1. The number of rotatable bonds is 6. The summed E-state index contributed by atoms with van der Waals surface area (Å²) in [6, 6.07) is 1.53. The van der Waals surface area contributed by atoms with E-state index in [1.54, 1.807) is 12.0 Å². The lowest BCUT2D eigenvalue weighted by Crippen LogP contribution is -2.51. The Balaban J connectivity index is 1.77. The summed E-state index contributed by atoms with van der Waals surface area (Å²) in [5, 5.41) is 3.38. The van der Waals surface area contributed by atoms with Crippen LogP contribution in [-0.2, 0) is 9.53 Å². The predicted octanol–water partition coefficient (Wildman–Crippen LogP) is 0.842. The Morgan fingerprint density at radius 2 is 2.00 bits per heavy atom. The number of carbonyl (C=O) groups excluding carboxylic acids is 2. The topological polar surface area (TPSA) is 77.7 Å². The molecule has 1 aromatic rings. The van der Waals surface area contributed by atoms with Crippen LogP contribution in [0.5, 0.6) is 0 Å². The Bertz CT molecular complexity index is 537. The third kappa shape index (κ3) is 5.10. The number of aromatic nitrogens is 1. The Hall–Kier alpha value is -1.28. The molecule has 0 spiro atoms. The van der Waals surface area contributed by atoms with Crippen LogP contribution in [0.1, 0.15) is 10.5 Å². The zero-order chi connectivity index (χ0) is 16.8. The van der Waals surface area contributed by atoms with E-state index in [9.17, 15) is 9.59 Å². The minimum Gasteiger partial charge on any atom is -0.383 e. The molecule has 2 amide bonds. The second-order valence-electron chi connectivity index (χ2n) is 5.26. The van der Waals surface area contributed by atoms with Gasteiger partial charge in [-0.05, 0) is 6.07 Å². The van der Waals surface area contributed by atoms with Crippen LogP contribution in [0.3, 0.4) is 0 Å². The highest BCUT2D eigenvalue weighted by molar-refractivity contribution is 6.41. The van der Waals surface area contributed by atoms with Crippen LogP contribution in [0.2, 0.25) is 10.2 Å². The van der Waals surface area contributed by atoms with E-state index in [2.05, 4.69) is 10.3 Å². The van der Waals surface area contributed by atoms with Crippen molar-refractivity contribution in [1.82, 2.24) is 20.1 Å². The number of amides is 2. The maximum absolute atomic E-state index is 12.3. The van der Waals surface area contributed by atoms with Crippen LogP contribution in [0.4, 0.5) is 0 Å². The number of hydrogen-bond donors (Lipinski definition) is 2. The number of aromatic amines is 1. The van der Waals surface area contributed by atoms with E-state index >= 15 is 0 Å². The lowest BCUT2D eigenvalue weighted by atomic mass is 10.2. The van der Waals surface area contributed by atoms with E-state index in [4.69, 9.17) is 27.9 Å². The lowest BCUT2D eigenvalue weighted by molar-refractivity contribution is -0.122. The molecule has 128 valence electrons. The van der Waals surface area contributed by atoms with E-state index in [1.165, 1.54) is 6.07 Å². The number of piperazine rings is 1. The van der Waals surface area contributed by atoms with E-state index < -0.39 is 0 Å². The van der Waals surface area contributed by atoms with Gasteiger partial charge in [0.1, 0.15) is 10.8 Å². The molecule has 0 atom stereocenters. The van der Waals surface area contributed by atoms with Gasteiger partial charge in [-0.2, -0.15) is 0 Å². The predicted molar refractivity (Wildman–Crippen MR) is 88.0 cm³/mol. The molecule has 23 heavy (non-hydrogen) atoms. The van der Waals surface area contributed by atoms with Gasteiger partial charge < -0.3 is 19.9 Å². The van der Waals surface area contributed by atoms with Crippen LogP contribution in [-0.4, -0.2) is 79.6 Å². The van der Waals surface area contributed by atoms with E-state index in [-0.39, 0.29) is 17.0 Å². The van der Waals surface area contributed by atoms with E-state index in [0.717, 1.165) is 0 Å². The van der Waals surface area contributed by atoms with Gasteiger partial charge in [0.15, 0.2) is 0 Å². The van der Waals surface area contributed by atoms with Gasteiger partial charge in [-0.3, -0.25) is 14.5 Å². The van der Waals surface area contributed by atoms with Crippen molar-refractivity contribution in [3.05, 3.63) is 21.9 Å². The molecule has 0 saturated carbocycles. The summed E-state index contributed by atoms with van der Waals surface area (Å²) in [7, 11) is 1.59. The maximum atomic E-state index is 12.3. The van der Waals surface area contributed by atoms with Crippen LogP contribution in [0.25, 0.3) is 0 Å². The Labute approximate surface area is 144 Å². The van der Waals surface area contributed by atoms with Crippen molar-refractivity contribution >= 4 is 35.0 Å². The van der Waals surface area contributed by atoms with Crippen molar-refractivity contribution in [2.75, 3.05) is 53.0 Å². The number of H-pyrrole nitrogens is 1. The summed E-state index contributed by atoms with van der Waals surface area (Å²) < 4.78 is 4.88. The molecule has 9 heteroatoms. The smallest absolute Gasteiger partial charge is 0.270 e. The summed E-state index contributed by atoms with van der Waals surface area (Å²) in [4.78, 5) is 30.6. The highest BCUT2D eigenvalue weighted by Crippen LogP contribution is 2.22. The molecular formula is C14H20Cl2N4O3. The summed E-state index contributed by atoms with van der Waals surface area (Å²) in [5.41, 5.74) is 0.380. The number of halogens is 2. The van der Waals surface area contributed by atoms with Crippen molar-refractivity contribution in [1.29, 1.82) is 0 Å². The van der Waals surface area contributed by atoms with E-state index in [0.29, 0.717) is 56.6 Å². The zero-order valence-corrected chi connectivity index (χ0v) is 14.4. The Morgan fingerprint density at radius 3 is 2.57 bits per heavy atom. The first-order valence-corrected chi connectivity index (χ1v) is 8.08. The Kier molecular flexibility index (Phi) is 6.71. The highest BCUT2D eigenvalue weighted by Gasteiger charge is 2.24. The monoisotopic (exact) mass is 362 g/mol. The molecule has 2 rings (SSSR count). The first kappa shape index (κ1) is 18.1. The standard InChI is InChI=1S/C14H20Cl2N4O3/c1-23-7-2-17-12(21)9-19-3-5-20(6-4-19)14(22)11-8-10(15)13(16)18-11/h8,18H,2-7,9H2,1H3,(H,17,21). The normalized spacial score (nSPS) is 15.7. The molecule has 1 aliphatic heterocycles. The molecule has 1 saturated heterocycles. The minimum atomic E-state index is -0.136. The molecule has 1 aromatic heterocycles. The van der Waals surface area contributed by atoms with Crippen LogP contribution in [0.15, 0.2) is 6.07 Å². The average Bonchev–Trinajstić information content (AvgIpc) is 2.87. The highest BCUT2D eigenvalue weighted by atomic mass is 35.5. The van der Waals surface area contributed by atoms with Crippen molar-refractivity contribution in [3.63, 3.8) is 0 Å². The molecule has 0 unspecified atom stereocenters. The SMILES string of the molecule is COCCNC(=O)CN1CCN(C(=O)c2cc(Cl)c(Cl)[nH]2)CC1. The van der Waals surface area contributed by atoms with Gasteiger partial charge in [0.25, 0.3) is 5.91 Å². The van der Waals surface area contributed by atoms with Crippen LogP contribution >= 0.6 is 23.2 Å². The average molecular weight is 363 g/mol. The third-order valence-corrected chi connectivity index (χ3v) is 4.30. The minimum absolute atomic E-state index is 0.0373. The lowest BCUT2D eigenvalue weighted by Gasteiger charge is -2.34. The second kappa shape index (κ2) is 8.54. The fourth-order valence-corrected chi connectivity index (χ4v) is 2.66. The molecule has 1 fully saturated rings. The molecule has 0 aliphatic carbocycles. The maximum Gasteiger partial charge on any atom is 0.270 e. The quantitative estimate of drug-likeness (QED) is 0.735. The third-order valence-electron chi connectivity index (χ3n) is 3.61. The van der Waals surface area contributed by atoms with Gasteiger partial charge in [0.2, 0.25) is 5.91 Å². The molecule has 2 N–H and O–H groups in total. The van der Waals surface area contributed by atoms with Crippen LogP contribution in [0, 0.1) is 0 Å². The zero-order valence-electron chi connectivity index (χ0n) is 12.9. The van der Waals surface area contributed by atoms with Crippen LogP contribution < -0.4 is 5.32 Å². The van der Waals surface area contributed by atoms with Gasteiger partial charge in [-0.1, -0.05) is 23.2 Å². The summed E-state index contributed by atoms with van der Waals surface area (Å²) in [5.74, 6) is -0.173. The number of hydrogen-bond acceptors (Lipinski definition) is 4. The number of carbonyl (C=O) groups is 2. The van der Waals surface area contributed by atoms with Crippen molar-refractivity contribution in [2.24, 2.45) is 0 Å². The summed E-state index contributed by atoms with van der Waals surface area (Å²) in [6.07, 6.45) is 0. The molecule has 2 heterocycles. The number of methoxy groups -OCH3 is 1. The van der Waals surface area contributed by atoms with Crippen molar-refractivity contribution < 1.29 is 14.3 Å². The summed E-state index contributed by atoms with van der Waals surface area (Å²) >= 11 is 11.7. The molecule has 1 aliphatic rings. The number of nitrogens with zero attached hydrogens (tertiary/aromatic N) is 2. The van der Waals surface area contributed by atoms with Gasteiger partial charge >= 0.3 is 0 Å². The van der Waals surface area contributed by atoms with Crippen molar-refractivity contribution in [3.8, 4) is 0 Å². The molecule has 0 aromatic carbocycles. The molecule has 0 radical (unpaired) electrons. The fraction of sp³-hybridized carbons (Fsp3) is 0.571. The Morgan fingerprint density at radius 1 is 1.30 bits per heavy atom. The van der Waals surface area contributed by atoms with Crippen molar-refractivity contribution in [2.45, 2.75) is 0 Å². The largest absolute Gasteiger partial charge is 0.383 e.